The van der Waals surface area contributed by atoms with E-state index in [0.717, 1.165) is 37.9 Å². The van der Waals surface area contributed by atoms with Gasteiger partial charge in [0.05, 0.1) is 0 Å². The Kier molecular flexibility index (Phi) is 6.43. The van der Waals surface area contributed by atoms with E-state index in [0.29, 0.717) is 29.1 Å². The van der Waals surface area contributed by atoms with Gasteiger partial charge in [0, 0.05) is 36.0 Å². The van der Waals surface area contributed by atoms with E-state index < -0.39 is 0 Å². The first-order chi connectivity index (χ1) is 13.2. The minimum absolute atomic E-state index is 0.213. The quantitative estimate of drug-likeness (QED) is 0.655. The summed E-state index contributed by atoms with van der Waals surface area (Å²) in [6.45, 7) is 10.4. The predicted octanol–water partition coefficient (Wildman–Crippen LogP) is 5.56. The molecule has 5 nitrogen and oxygen atoms in total. The number of hydrogen-bond donors (Lipinski definition) is 0. The van der Waals surface area contributed by atoms with Crippen molar-refractivity contribution in [3.63, 3.8) is 0 Å². The van der Waals surface area contributed by atoms with Crippen molar-refractivity contribution in [2.75, 3.05) is 13.1 Å². The molecule has 1 amide bonds. The summed E-state index contributed by atoms with van der Waals surface area (Å²) in [5, 5.41) is 4.79. The summed E-state index contributed by atoms with van der Waals surface area (Å²) in [5.74, 6) is 2.13. The molecule has 1 aliphatic rings. The highest BCUT2D eigenvalue weighted by molar-refractivity contribution is 6.30. The largest absolute Gasteiger partial charge is 0.343 e. The average molecular weight is 404 g/mol. The van der Waals surface area contributed by atoms with Gasteiger partial charge in [0.1, 0.15) is 0 Å². The third-order valence-corrected chi connectivity index (χ3v) is 5.48. The van der Waals surface area contributed by atoms with Gasteiger partial charge in [0.25, 0.3) is 0 Å². The lowest BCUT2D eigenvalue weighted by atomic mass is 9.84. The van der Waals surface area contributed by atoms with Crippen LogP contribution in [0.5, 0.6) is 0 Å². The molecule has 1 unspecified atom stereocenters. The predicted molar refractivity (Wildman–Crippen MR) is 111 cm³/mol. The fourth-order valence-corrected chi connectivity index (χ4v) is 4.16. The minimum Gasteiger partial charge on any atom is -0.343 e. The molecule has 1 aromatic heterocycles. The van der Waals surface area contributed by atoms with Crippen LogP contribution < -0.4 is 0 Å². The Balaban J connectivity index is 1.53. The summed E-state index contributed by atoms with van der Waals surface area (Å²) in [4.78, 5) is 19.2. The number of likely N-dealkylation sites (tertiary alicyclic amines) is 1. The molecular weight excluding hydrogens is 374 g/mol. The van der Waals surface area contributed by atoms with Crippen LogP contribution in [-0.2, 0) is 4.79 Å². The topological polar surface area (TPSA) is 59.2 Å². The minimum atomic E-state index is 0.213. The van der Waals surface area contributed by atoms with Crippen LogP contribution in [0.15, 0.2) is 28.8 Å². The van der Waals surface area contributed by atoms with Crippen LogP contribution >= 0.6 is 11.6 Å². The molecule has 2 heterocycles. The zero-order valence-electron chi connectivity index (χ0n) is 17.2. The number of carbonyl (C=O) groups excluding carboxylic acids is 1. The Morgan fingerprint density at radius 3 is 2.50 bits per heavy atom. The molecule has 152 valence electrons. The van der Waals surface area contributed by atoms with Crippen molar-refractivity contribution >= 4 is 17.5 Å². The van der Waals surface area contributed by atoms with Gasteiger partial charge in [-0.15, -0.1) is 0 Å². The molecule has 1 saturated heterocycles. The van der Waals surface area contributed by atoms with E-state index in [9.17, 15) is 4.79 Å². The lowest BCUT2D eigenvalue weighted by molar-refractivity contribution is -0.133. The van der Waals surface area contributed by atoms with Crippen molar-refractivity contribution in [2.45, 2.75) is 59.3 Å². The second-order valence-electron chi connectivity index (χ2n) is 9.19. The molecule has 0 spiro atoms. The Morgan fingerprint density at radius 1 is 1.25 bits per heavy atom. The number of rotatable bonds is 5. The molecule has 1 fully saturated rings. The zero-order valence-corrected chi connectivity index (χ0v) is 18.0. The maximum Gasteiger partial charge on any atom is 0.230 e. The molecule has 28 heavy (non-hydrogen) atoms. The van der Waals surface area contributed by atoms with Crippen LogP contribution in [-0.4, -0.2) is 34.0 Å². The standard InChI is InChI=1S/C22H30ClN3O2/c1-15(14-22(2,3)4)13-19(27)26-11-9-17(10-12-26)21-24-20(25-28-21)16-5-7-18(23)8-6-16/h5-8,15,17H,9-14H2,1-4H3. The Morgan fingerprint density at radius 2 is 1.89 bits per heavy atom. The van der Waals surface area contributed by atoms with Gasteiger partial charge in [0.2, 0.25) is 17.6 Å². The van der Waals surface area contributed by atoms with Crippen molar-refractivity contribution < 1.29 is 9.32 Å². The second kappa shape index (κ2) is 8.64. The first-order valence-corrected chi connectivity index (χ1v) is 10.5. The number of benzene rings is 1. The number of aromatic nitrogens is 2. The van der Waals surface area contributed by atoms with E-state index in [1.807, 2.05) is 29.2 Å². The zero-order chi connectivity index (χ0) is 20.3. The van der Waals surface area contributed by atoms with Gasteiger partial charge >= 0.3 is 0 Å². The Labute approximate surface area is 172 Å². The summed E-state index contributed by atoms with van der Waals surface area (Å²) in [6, 6.07) is 7.41. The molecule has 1 aliphatic heterocycles. The van der Waals surface area contributed by atoms with E-state index in [2.05, 4.69) is 37.8 Å². The van der Waals surface area contributed by atoms with E-state index >= 15 is 0 Å². The summed E-state index contributed by atoms with van der Waals surface area (Å²) in [6.07, 6.45) is 3.41. The van der Waals surface area contributed by atoms with Crippen molar-refractivity contribution in [3.8, 4) is 11.4 Å². The van der Waals surface area contributed by atoms with Gasteiger partial charge < -0.3 is 9.42 Å². The highest BCUT2D eigenvalue weighted by Crippen LogP contribution is 2.30. The van der Waals surface area contributed by atoms with E-state index in [1.54, 1.807) is 0 Å². The maximum atomic E-state index is 12.6. The fraction of sp³-hybridized carbons (Fsp3) is 0.591. The second-order valence-corrected chi connectivity index (χ2v) is 9.63. The summed E-state index contributed by atoms with van der Waals surface area (Å²) in [7, 11) is 0. The Bertz CT molecular complexity index is 787. The number of amides is 1. The third kappa shape index (κ3) is 5.57. The van der Waals surface area contributed by atoms with Gasteiger partial charge in [-0.2, -0.15) is 4.98 Å². The molecule has 1 aromatic carbocycles. The molecule has 0 radical (unpaired) electrons. The number of piperidine rings is 1. The van der Waals surface area contributed by atoms with Gasteiger partial charge in [-0.1, -0.05) is 44.5 Å². The summed E-state index contributed by atoms with van der Waals surface area (Å²) in [5.41, 5.74) is 1.15. The number of hydrogen-bond acceptors (Lipinski definition) is 4. The van der Waals surface area contributed by atoms with Gasteiger partial charge in [-0.25, -0.2) is 0 Å². The highest BCUT2D eigenvalue weighted by atomic mass is 35.5. The van der Waals surface area contributed by atoms with Gasteiger partial charge in [-0.3, -0.25) is 4.79 Å². The highest BCUT2D eigenvalue weighted by Gasteiger charge is 2.28. The van der Waals surface area contributed by atoms with E-state index in [4.69, 9.17) is 16.1 Å². The van der Waals surface area contributed by atoms with Gasteiger partial charge in [-0.05, 0) is 54.9 Å². The first-order valence-electron chi connectivity index (χ1n) is 10.1. The Hall–Kier alpha value is -1.88. The molecule has 1 atom stereocenters. The summed E-state index contributed by atoms with van der Waals surface area (Å²) >= 11 is 5.93. The van der Waals surface area contributed by atoms with Crippen molar-refractivity contribution in [3.05, 3.63) is 35.2 Å². The van der Waals surface area contributed by atoms with E-state index in [-0.39, 0.29) is 17.2 Å². The van der Waals surface area contributed by atoms with Crippen LogP contribution in [0.2, 0.25) is 5.02 Å². The average Bonchev–Trinajstić information content (AvgIpc) is 3.11. The first kappa shape index (κ1) is 20.8. The monoisotopic (exact) mass is 403 g/mol. The van der Waals surface area contributed by atoms with Crippen LogP contribution in [0.4, 0.5) is 0 Å². The van der Waals surface area contributed by atoms with Crippen LogP contribution in [0.25, 0.3) is 11.4 Å². The summed E-state index contributed by atoms with van der Waals surface area (Å²) < 4.78 is 5.51. The molecule has 0 bridgehead atoms. The van der Waals surface area contributed by atoms with Crippen LogP contribution in [0, 0.1) is 11.3 Å². The molecule has 3 rings (SSSR count). The fourth-order valence-electron chi connectivity index (χ4n) is 4.04. The van der Waals surface area contributed by atoms with Crippen molar-refractivity contribution in [1.29, 1.82) is 0 Å². The smallest absolute Gasteiger partial charge is 0.230 e. The van der Waals surface area contributed by atoms with Crippen molar-refractivity contribution in [2.24, 2.45) is 11.3 Å². The SMILES string of the molecule is CC(CC(=O)N1CCC(c2nc(-c3ccc(Cl)cc3)no2)CC1)CC(C)(C)C. The molecule has 0 aliphatic carbocycles. The van der Waals surface area contributed by atoms with Crippen LogP contribution in [0.3, 0.4) is 0 Å². The number of carbonyl (C=O) groups is 1. The molecule has 0 N–H and O–H groups in total. The van der Waals surface area contributed by atoms with Crippen molar-refractivity contribution in [1.82, 2.24) is 15.0 Å². The number of halogens is 1. The van der Waals surface area contributed by atoms with Crippen LogP contribution in [0.1, 0.15) is 65.2 Å². The van der Waals surface area contributed by atoms with Gasteiger partial charge in [0.15, 0.2) is 0 Å². The molecule has 6 heteroatoms. The normalized spacial score (nSPS) is 17.0. The molecule has 0 saturated carbocycles. The van der Waals surface area contributed by atoms with E-state index in [1.165, 1.54) is 0 Å². The molecule has 2 aromatic rings. The maximum absolute atomic E-state index is 12.6. The third-order valence-electron chi connectivity index (χ3n) is 5.22. The number of nitrogens with zero attached hydrogens (tertiary/aromatic N) is 3. The lowest BCUT2D eigenvalue weighted by Crippen LogP contribution is -2.38. The lowest BCUT2D eigenvalue weighted by Gasteiger charge is -2.32. The molecular formula is C22H30ClN3O2.